The topological polar surface area (TPSA) is 59.2 Å². The third kappa shape index (κ3) is 1.93. The summed E-state index contributed by atoms with van der Waals surface area (Å²) in [6.07, 6.45) is 2.06. The van der Waals surface area contributed by atoms with Crippen LogP contribution in [0, 0.1) is 0 Å². The van der Waals surface area contributed by atoms with Gasteiger partial charge in [-0.15, -0.1) is 0 Å². The van der Waals surface area contributed by atoms with Crippen molar-refractivity contribution in [3.05, 3.63) is 18.0 Å². The zero-order valence-corrected chi connectivity index (χ0v) is 11.6. The molecule has 0 bridgehead atoms. The van der Waals surface area contributed by atoms with E-state index >= 15 is 0 Å². The summed E-state index contributed by atoms with van der Waals surface area (Å²) in [4.78, 5) is 8.20. The molecule has 1 aromatic carbocycles. The van der Waals surface area contributed by atoms with Crippen molar-refractivity contribution in [2.75, 3.05) is 19.8 Å². The molecule has 2 aliphatic rings. The maximum atomic E-state index is 5.73. The van der Waals surface area contributed by atoms with Gasteiger partial charge in [-0.1, -0.05) is 0 Å². The second kappa shape index (κ2) is 4.66. The smallest absolute Gasteiger partial charge is 0.163 e. The maximum Gasteiger partial charge on any atom is 0.163 e. The molecule has 1 fully saturated rings. The highest BCUT2D eigenvalue weighted by Crippen LogP contribution is 2.35. The second-order valence-electron chi connectivity index (χ2n) is 5.63. The van der Waals surface area contributed by atoms with Crippen LogP contribution in [0.3, 0.4) is 0 Å². The average Bonchev–Trinajstić information content (AvgIpc) is 2.96. The van der Waals surface area contributed by atoms with E-state index in [0.717, 1.165) is 47.7 Å². The van der Waals surface area contributed by atoms with Gasteiger partial charge < -0.3 is 19.8 Å². The Labute approximate surface area is 117 Å². The minimum atomic E-state index is 0.462. The molecular weight excluding hydrogens is 254 g/mol. The van der Waals surface area contributed by atoms with E-state index in [4.69, 9.17) is 14.5 Å². The van der Waals surface area contributed by atoms with E-state index in [1.807, 2.05) is 12.1 Å². The molecule has 1 saturated heterocycles. The Kier molecular flexibility index (Phi) is 2.80. The number of aromatic amines is 1. The van der Waals surface area contributed by atoms with Gasteiger partial charge in [0.05, 0.1) is 24.2 Å². The lowest BCUT2D eigenvalue weighted by molar-refractivity contribution is 0.297. The van der Waals surface area contributed by atoms with Crippen LogP contribution in [0.2, 0.25) is 0 Å². The van der Waals surface area contributed by atoms with Gasteiger partial charge in [-0.05, 0) is 19.9 Å². The molecule has 2 atom stereocenters. The predicted molar refractivity (Wildman–Crippen MR) is 76.5 cm³/mol. The highest BCUT2D eigenvalue weighted by atomic mass is 16.5. The summed E-state index contributed by atoms with van der Waals surface area (Å²) in [6.45, 7) is 4.69. The molecule has 0 aliphatic carbocycles. The number of nitrogens with zero attached hydrogens (tertiary/aromatic N) is 1. The first-order valence-corrected chi connectivity index (χ1v) is 7.34. The Morgan fingerprint density at radius 2 is 2.00 bits per heavy atom. The molecule has 2 aromatic rings. The van der Waals surface area contributed by atoms with Crippen LogP contribution < -0.4 is 14.8 Å². The van der Waals surface area contributed by atoms with Gasteiger partial charge in [0.1, 0.15) is 5.82 Å². The van der Waals surface area contributed by atoms with Gasteiger partial charge in [0.15, 0.2) is 11.5 Å². The van der Waals surface area contributed by atoms with Crippen LogP contribution in [-0.4, -0.2) is 35.8 Å². The Bertz CT molecular complexity index is 594. The van der Waals surface area contributed by atoms with Crippen LogP contribution in [0.5, 0.6) is 11.5 Å². The van der Waals surface area contributed by atoms with E-state index in [-0.39, 0.29) is 0 Å². The highest BCUT2D eigenvalue weighted by Gasteiger charge is 2.27. The van der Waals surface area contributed by atoms with E-state index in [1.165, 1.54) is 0 Å². The standard InChI is InChI=1S/C15H19N3O2/c1-9-10(3-4-16-9)15-17-11-7-13-14(8-12(11)18-15)20-6-2-5-19-13/h7-10,16H,2-6H2,1H3,(H,17,18). The Morgan fingerprint density at radius 1 is 1.20 bits per heavy atom. The maximum absolute atomic E-state index is 5.73. The number of ether oxygens (including phenoxy) is 2. The molecule has 0 saturated carbocycles. The van der Waals surface area contributed by atoms with Crippen LogP contribution in [0.4, 0.5) is 0 Å². The van der Waals surface area contributed by atoms with Gasteiger partial charge in [-0.25, -0.2) is 4.98 Å². The quantitative estimate of drug-likeness (QED) is 0.836. The average molecular weight is 273 g/mol. The minimum absolute atomic E-state index is 0.462. The summed E-state index contributed by atoms with van der Waals surface area (Å²) >= 11 is 0. The van der Waals surface area contributed by atoms with Gasteiger partial charge in [0.25, 0.3) is 0 Å². The second-order valence-corrected chi connectivity index (χ2v) is 5.63. The molecule has 0 amide bonds. The first kappa shape index (κ1) is 12.0. The van der Waals surface area contributed by atoms with Crippen molar-refractivity contribution in [2.24, 2.45) is 0 Å². The molecule has 4 rings (SSSR count). The van der Waals surface area contributed by atoms with Gasteiger partial charge in [0.2, 0.25) is 0 Å². The minimum Gasteiger partial charge on any atom is -0.489 e. The lowest BCUT2D eigenvalue weighted by atomic mass is 10.0. The number of H-pyrrole nitrogens is 1. The molecule has 0 radical (unpaired) electrons. The van der Waals surface area contributed by atoms with Crippen LogP contribution in [0.1, 0.15) is 31.5 Å². The van der Waals surface area contributed by atoms with Crippen LogP contribution >= 0.6 is 0 Å². The molecular formula is C15H19N3O2. The number of nitrogens with one attached hydrogen (secondary N) is 2. The fourth-order valence-electron chi connectivity index (χ4n) is 3.09. The molecule has 2 N–H and O–H groups in total. The lowest BCUT2D eigenvalue weighted by Crippen LogP contribution is -2.22. The van der Waals surface area contributed by atoms with Crippen LogP contribution in [-0.2, 0) is 0 Å². The normalized spacial score (nSPS) is 25.9. The first-order chi connectivity index (χ1) is 9.81. The number of aromatic nitrogens is 2. The number of hydrogen-bond donors (Lipinski definition) is 2. The number of rotatable bonds is 1. The van der Waals surface area contributed by atoms with E-state index in [0.29, 0.717) is 25.2 Å². The summed E-state index contributed by atoms with van der Waals surface area (Å²) in [5, 5.41) is 3.47. The summed E-state index contributed by atoms with van der Waals surface area (Å²) in [7, 11) is 0. The van der Waals surface area contributed by atoms with E-state index in [2.05, 4.69) is 17.2 Å². The van der Waals surface area contributed by atoms with Crippen molar-refractivity contribution < 1.29 is 9.47 Å². The Morgan fingerprint density at radius 3 is 2.75 bits per heavy atom. The fourth-order valence-corrected chi connectivity index (χ4v) is 3.09. The third-order valence-corrected chi connectivity index (χ3v) is 4.25. The largest absolute Gasteiger partial charge is 0.489 e. The molecule has 0 spiro atoms. The van der Waals surface area contributed by atoms with E-state index in [9.17, 15) is 0 Å². The van der Waals surface area contributed by atoms with Crippen molar-refractivity contribution in [3.8, 4) is 11.5 Å². The Balaban J connectivity index is 1.76. The summed E-state index contributed by atoms with van der Waals surface area (Å²) in [5.74, 6) is 3.16. The van der Waals surface area contributed by atoms with E-state index < -0.39 is 0 Å². The number of imidazole rings is 1. The number of fused-ring (bicyclic) bond motifs is 2. The van der Waals surface area contributed by atoms with Crippen LogP contribution in [0.25, 0.3) is 11.0 Å². The highest BCUT2D eigenvalue weighted by molar-refractivity contribution is 5.80. The van der Waals surface area contributed by atoms with Gasteiger partial charge in [-0.2, -0.15) is 0 Å². The van der Waals surface area contributed by atoms with Crippen molar-refractivity contribution in [1.29, 1.82) is 0 Å². The van der Waals surface area contributed by atoms with Crippen molar-refractivity contribution in [1.82, 2.24) is 15.3 Å². The summed E-state index contributed by atoms with van der Waals surface area (Å²) in [6, 6.07) is 4.48. The van der Waals surface area contributed by atoms with Gasteiger partial charge in [0, 0.05) is 30.5 Å². The van der Waals surface area contributed by atoms with Crippen LogP contribution in [0.15, 0.2) is 12.1 Å². The zero-order chi connectivity index (χ0) is 13.5. The SMILES string of the molecule is CC1NCCC1c1nc2cc3c(cc2[nH]1)OCCCO3. The molecule has 20 heavy (non-hydrogen) atoms. The predicted octanol–water partition coefficient (Wildman–Crippen LogP) is 2.19. The molecule has 2 aliphatic heterocycles. The zero-order valence-electron chi connectivity index (χ0n) is 11.6. The molecule has 1 aromatic heterocycles. The summed E-state index contributed by atoms with van der Waals surface area (Å²) < 4.78 is 11.4. The third-order valence-electron chi connectivity index (χ3n) is 4.25. The molecule has 2 unspecified atom stereocenters. The molecule has 5 nitrogen and oxygen atoms in total. The number of benzene rings is 1. The van der Waals surface area contributed by atoms with Crippen molar-refractivity contribution in [3.63, 3.8) is 0 Å². The number of hydrogen-bond acceptors (Lipinski definition) is 4. The fraction of sp³-hybridized carbons (Fsp3) is 0.533. The monoisotopic (exact) mass is 273 g/mol. The molecule has 5 heteroatoms. The lowest BCUT2D eigenvalue weighted by Gasteiger charge is -2.11. The molecule has 3 heterocycles. The first-order valence-electron chi connectivity index (χ1n) is 7.34. The van der Waals surface area contributed by atoms with Gasteiger partial charge >= 0.3 is 0 Å². The van der Waals surface area contributed by atoms with Crippen molar-refractivity contribution >= 4 is 11.0 Å². The Hall–Kier alpha value is -1.75. The van der Waals surface area contributed by atoms with E-state index in [1.54, 1.807) is 0 Å². The van der Waals surface area contributed by atoms with Crippen molar-refractivity contribution in [2.45, 2.75) is 31.7 Å². The van der Waals surface area contributed by atoms with Gasteiger partial charge in [-0.3, -0.25) is 0 Å². The summed E-state index contributed by atoms with van der Waals surface area (Å²) in [5.41, 5.74) is 1.99. The molecule has 106 valence electrons.